The molecule has 5 heteroatoms. The first kappa shape index (κ1) is 11.9. The van der Waals surface area contributed by atoms with E-state index in [2.05, 4.69) is 29.4 Å². The van der Waals surface area contributed by atoms with Crippen molar-refractivity contribution in [3.63, 3.8) is 0 Å². The standard InChI is InChI=1S/C12H19N5/c1-9(12-5-6-16(3)15-12)13-7-11-8-14-17(4)10(11)2/h5-6,8-9,13H,7H2,1-4H3. The van der Waals surface area contributed by atoms with Gasteiger partial charge in [-0.1, -0.05) is 0 Å². The number of hydrogen-bond acceptors (Lipinski definition) is 3. The largest absolute Gasteiger partial charge is 0.305 e. The highest BCUT2D eigenvalue weighted by Crippen LogP contribution is 2.11. The Morgan fingerprint density at radius 2 is 2.18 bits per heavy atom. The van der Waals surface area contributed by atoms with Crippen LogP contribution in [0.3, 0.4) is 0 Å². The van der Waals surface area contributed by atoms with Crippen molar-refractivity contribution in [1.29, 1.82) is 0 Å². The second-order valence-electron chi connectivity index (χ2n) is 4.40. The molecule has 0 radical (unpaired) electrons. The van der Waals surface area contributed by atoms with Crippen LogP contribution in [0, 0.1) is 6.92 Å². The molecule has 0 aromatic carbocycles. The first-order valence-electron chi connectivity index (χ1n) is 5.78. The Bertz CT molecular complexity index is 497. The molecule has 0 aliphatic heterocycles. The van der Waals surface area contributed by atoms with Crippen molar-refractivity contribution in [1.82, 2.24) is 24.9 Å². The molecule has 2 aromatic heterocycles. The molecular weight excluding hydrogens is 214 g/mol. The fourth-order valence-electron chi connectivity index (χ4n) is 1.75. The molecule has 5 nitrogen and oxygen atoms in total. The van der Waals surface area contributed by atoms with Crippen molar-refractivity contribution in [2.24, 2.45) is 14.1 Å². The summed E-state index contributed by atoms with van der Waals surface area (Å²) in [6, 6.07) is 2.28. The van der Waals surface area contributed by atoms with Gasteiger partial charge in [0.05, 0.1) is 11.9 Å². The SMILES string of the molecule is Cc1c(CNC(C)c2ccn(C)n2)cnn1C. The topological polar surface area (TPSA) is 47.7 Å². The van der Waals surface area contributed by atoms with Crippen molar-refractivity contribution in [2.75, 3.05) is 0 Å². The maximum absolute atomic E-state index is 4.38. The lowest BCUT2D eigenvalue weighted by molar-refractivity contribution is 0.550. The highest BCUT2D eigenvalue weighted by atomic mass is 15.3. The zero-order valence-electron chi connectivity index (χ0n) is 10.8. The van der Waals surface area contributed by atoms with Gasteiger partial charge in [-0.3, -0.25) is 9.36 Å². The Morgan fingerprint density at radius 3 is 2.71 bits per heavy atom. The monoisotopic (exact) mass is 233 g/mol. The highest BCUT2D eigenvalue weighted by Gasteiger charge is 2.09. The number of nitrogens with one attached hydrogen (secondary N) is 1. The smallest absolute Gasteiger partial charge is 0.0791 e. The molecule has 2 rings (SSSR count). The Kier molecular flexibility index (Phi) is 3.28. The molecule has 0 aliphatic rings. The van der Waals surface area contributed by atoms with Crippen LogP contribution in [0.5, 0.6) is 0 Å². The fraction of sp³-hybridized carbons (Fsp3) is 0.500. The normalized spacial score (nSPS) is 12.9. The Balaban J connectivity index is 1.96. The van der Waals surface area contributed by atoms with Crippen LogP contribution in [-0.2, 0) is 20.6 Å². The van der Waals surface area contributed by atoms with Gasteiger partial charge in [-0.25, -0.2) is 0 Å². The summed E-state index contributed by atoms with van der Waals surface area (Å²) in [5, 5.41) is 12.1. The maximum atomic E-state index is 4.38. The zero-order valence-corrected chi connectivity index (χ0v) is 10.8. The van der Waals surface area contributed by atoms with E-state index in [-0.39, 0.29) is 6.04 Å². The summed E-state index contributed by atoms with van der Waals surface area (Å²) in [4.78, 5) is 0. The molecule has 1 unspecified atom stereocenters. The van der Waals surface area contributed by atoms with Crippen LogP contribution in [0.1, 0.15) is 29.9 Å². The van der Waals surface area contributed by atoms with Gasteiger partial charge in [0.1, 0.15) is 0 Å². The van der Waals surface area contributed by atoms with Crippen LogP contribution >= 0.6 is 0 Å². The van der Waals surface area contributed by atoms with Gasteiger partial charge >= 0.3 is 0 Å². The van der Waals surface area contributed by atoms with Gasteiger partial charge in [0.2, 0.25) is 0 Å². The minimum absolute atomic E-state index is 0.246. The Labute approximate surface area is 101 Å². The molecule has 2 heterocycles. The lowest BCUT2D eigenvalue weighted by Crippen LogP contribution is -2.19. The van der Waals surface area contributed by atoms with Crippen LogP contribution in [0.15, 0.2) is 18.5 Å². The summed E-state index contributed by atoms with van der Waals surface area (Å²) in [5.41, 5.74) is 3.50. The minimum Gasteiger partial charge on any atom is -0.305 e. The molecule has 0 bridgehead atoms. The van der Waals surface area contributed by atoms with Gasteiger partial charge in [-0.05, 0) is 19.9 Å². The Morgan fingerprint density at radius 1 is 1.41 bits per heavy atom. The third-order valence-electron chi connectivity index (χ3n) is 3.11. The van der Waals surface area contributed by atoms with Gasteiger partial charge in [0.15, 0.2) is 0 Å². The van der Waals surface area contributed by atoms with E-state index in [1.165, 1.54) is 11.3 Å². The number of hydrogen-bond donors (Lipinski definition) is 1. The van der Waals surface area contributed by atoms with Crippen molar-refractivity contribution >= 4 is 0 Å². The van der Waals surface area contributed by atoms with Gasteiger partial charge in [-0.15, -0.1) is 0 Å². The molecule has 17 heavy (non-hydrogen) atoms. The average molecular weight is 233 g/mol. The van der Waals surface area contributed by atoms with Crippen LogP contribution in [-0.4, -0.2) is 19.6 Å². The van der Waals surface area contributed by atoms with Crippen LogP contribution in [0.2, 0.25) is 0 Å². The first-order chi connectivity index (χ1) is 8.08. The molecule has 92 valence electrons. The first-order valence-corrected chi connectivity index (χ1v) is 5.78. The minimum atomic E-state index is 0.246. The molecule has 0 spiro atoms. The van der Waals surface area contributed by atoms with Crippen LogP contribution < -0.4 is 5.32 Å². The van der Waals surface area contributed by atoms with E-state index in [1.807, 2.05) is 41.9 Å². The summed E-state index contributed by atoms with van der Waals surface area (Å²) >= 11 is 0. The van der Waals surface area contributed by atoms with Crippen molar-refractivity contribution in [3.8, 4) is 0 Å². The highest BCUT2D eigenvalue weighted by molar-refractivity contribution is 5.16. The molecule has 1 N–H and O–H groups in total. The predicted octanol–water partition coefficient (Wildman–Crippen LogP) is 1.31. The molecule has 0 saturated carbocycles. The predicted molar refractivity (Wildman–Crippen MR) is 66.4 cm³/mol. The third-order valence-corrected chi connectivity index (χ3v) is 3.11. The van der Waals surface area contributed by atoms with Crippen LogP contribution in [0.25, 0.3) is 0 Å². The van der Waals surface area contributed by atoms with Gasteiger partial charge in [0, 0.05) is 44.1 Å². The molecule has 0 saturated heterocycles. The van der Waals surface area contributed by atoms with Crippen LogP contribution in [0.4, 0.5) is 0 Å². The van der Waals surface area contributed by atoms with Crippen molar-refractivity contribution in [3.05, 3.63) is 35.4 Å². The molecule has 2 aromatic rings. The van der Waals surface area contributed by atoms with E-state index in [0.29, 0.717) is 0 Å². The van der Waals surface area contributed by atoms with E-state index in [1.54, 1.807) is 0 Å². The van der Waals surface area contributed by atoms with Gasteiger partial charge < -0.3 is 5.32 Å². The lowest BCUT2D eigenvalue weighted by Gasteiger charge is -2.11. The van der Waals surface area contributed by atoms with E-state index in [4.69, 9.17) is 0 Å². The molecule has 0 aliphatic carbocycles. The van der Waals surface area contributed by atoms with Gasteiger partial charge in [-0.2, -0.15) is 10.2 Å². The maximum Gasteiger partial charge on any atom is 0.0791 e. The molecular formula is C12H19N5. The molecule has 0 amide bonds. The third kappa shape index (κ3) is 2.55. The van der Waals surface area contributed by atoms with E-state index < -0.39 is 0 Å². The summed E-state index contributed by atoms with van der Waals surface area (Å²) in [6.45, 7) is 5.01. The van der Waals surface area contributed by atoms with E-state index in [0.717, 1.165) is 12.2 Å². The number of nitrogens with zero attached hydrogens (tertiary/aromatic N) is 4. The van der Waals surface area contributed by atoms with E-state index in [9.17, 15) is 0 Å². The van der Waals surface area contributed by atoms with Crippen molar-refractivity contribution < 1.29 is 0 Å². The van der Waals surface area contributed by atoms with Gasteiger partial charge in [0.25, 0.3) is 0 Å². The molecule has 1 atom stereocenters. The number of rotatable bonds is 4. The second kappa shape index (κ2) is 4.71. The number of aromatic nitrogens is 4. The quantitative estimate of drug-likeness (QED) is 0.866. The summed E-state index contributed by atoms with van der Waals surface area (Å²) in [7, 11) is 3.89. The summed E-state index contributed by atoms with van der Waals surface area (Å²) in [6.07, 6.45) is 3.87. The number of aryl methyl sites for hydroxylation is 2. The average Bonchev–Trinajstić information content (AvgIpc) is 2.86. The van der Waals surface area contributed by atoms with E-state index >= 15 is 0 Å². The lowest BCUT2D eigenvalue weighted by atomic mass is 10.2. The summed E-state index contributed by atoms with van der Waals surface area (Å²) < 4.78 is 3.71. The Hall–Kier alpha value is -1.62. The zero-order chi connectivity index (χ0) is 12.4. The second-order valence-corrected chi connectivity index (χ2v) is 4.40. The molecule has 0 fully saturated rings. The summed E-state index contributed by atoms with van der Waals surface area (Å²) in [5.74, 6) is 0. The van der Waals surface area contributed by atoms with Crippen molar-refractivity contribution in [2.45, 2.75) is 26.4 Å². The fourth-order valence-corrected chi connectivity index (χ4v) is 1.75.